The summed E-state index contributed by atoms with van der Waals surface area (Å²) >= 11 is 0. The Hall–Kier alpha value is -1.56. The zero-order valence-corrected chi connectivity index (χ0v) is 10.9. The van der Waals surface area contributed by atoms with Gasteiger partial charge in [0.25, 0.3) is 0 Å². The van der Waals surface area contributed by atoms with E-state index in [2.05, 4.69) is 20.7 Å². The lowest BCUT2D eigenvalue weighted by atomic mass is 10.2. The number of nitrogens with zero attached hydrogens (tertiary/aromatic N) is 3. The van der Waals surface area contributed by atoms with Gasteiger partial charge in [-0.3, -0.25) is 9.67 Å². The van der Waals surface area contributed by atoms with Gasteiger partial charge in [0.1, 0.15) is 6.10 Å². The molecule has 0 saturated heterocycles. The highest BCUT2D eigenvalue weighted by atomic mass is 16.3. The predicted octanol–water partition coefficient (Wildman–Crippen LogP) is 0.171. The molecule has 18 heavy (non-hydrogen) atoms. The van der Waals surface area contributed by atoms with Crippen molar-refractivity contribution in [3.8, 4) is 0 Å². The average molecular weight is 251 g/mol. The lowest BCUT2D eigenvalue weighted by molar-refractivity contribution is 0.187. The monoisotopic (exact) mass is 251 g/mol. The van der Waals surface area contributed by atoms with Gasteiger partial charge in [-0.1, -0.05) is 0 Å². The van der Waals surface area contributed by atoms with Crippen LogP contribution in [-0.2, 0) is 7.05 Å². The molecule has 1 aromatic heterocycles. The molecule has 1 heterocycles. The van der Waals surface area contributed by atoms with Crippen molar-refractivity contribution in [3.63, 3.8) is 0 Å². The van der Waals surface area contributed by atoms with Gasteiger partial charge in [0.2, 0.25) is 0 Å². The molecule has 0 aliphatic heterocycles. The molecule has 1 fully saturated rings. The predicted molar refractivity (Wildman–Crippen MR) is 70.3 cm³/mol. The Morgan fingerprint density at radius 1 is 1.67 bits per heavy atom. The zero-order chi connectivity index (χ0) is 13.0. The molecule has 0 bridgehead atoms. The molecule has 1 aromatic rings. The standard InChI is InChI=1S/C12H21N5O/c1-3-13-12(16-10-4-5-10)14-7-11(18)9-6-15-17(2)8-9/h6,8,10-11,18H,3-5,7H2,1-2H3,(H2,13,14,16). The number of hydrogen-bond donors (Lipinski definition) is 3. The van der Waals surface area contributed by atoms with Gasteiger partial charge in [-0.05, 0) is 19.8 Å². The van der Waals surface area contributed by atoms with Gasteiger partial charge in [0, 0.05) is 31.4 Å². The van der Waals surface area contributed by atoms with Gasteiger partial charge >= 0.3 is 0 Å². The fourth-order valence-corrected chi connectivity index (χ4v) is 1.64. The Morgan fingerprint density at radius 2 is 2.44 bits per heavy atom. The van der Waals surface area contributed by atoms with Crippen molar-refractivity contribution in [2.45, 2.75) is 31.9 Å². The molecule has 0 spiro atoms. The molecule has 1 aliphatic carbocycles. The number of aliphatic imine (C=N–C) groups is 1. The maximum absolute atomic E-state index is 9.98. The lowest BCUT2D eigenvalue weighted by Gasteiger charge is -2.11. The molecule has 0 radical (unpaired) electrons. The van der Waals surface area contributed by atoms with Crippen LogP contribution in [0.2, 0.25) is 0 Å². The topological polar surface area (TPSA) is 74.5 Å². The van der Waals surface area contributed by atoms with Crippen molar-refractivity contribution >= 4 is 5.96 Å². The molecule has 6 heteroatoms. The number of aliphatic hydroxyl groups excluding tert-OH is 1. The summed E-state index contributed by atoms with van der Waals surface area (Å²) in [4.78, 5) is 4.39. The quantitative estimate of drug-likeness (QED) is 0.515. The summed E-state index contributed by atoms with van der Waals surface area (Å²) < 4.78 is 1.68. The van der Waals surface area contributed by atoms with Gasteiger partial charge in [-0.15, -0.1) is 0 Å². The van der Waals surface area contributed by atoms with Crippen molar-refractivity contribution in [1.82, 2.24) is 20.4 Å². The third-order valence-corrected chi connectivity index (χ3v) is 2.79. The molecular weight excluding hydrogens is 230 g/mol. The largest absolute Gasteiger partial charge is 0.386 e. The van der Waals surface area contributed by atoms with Gasteiger partial charge in [-0.25, -0.2) is 0 Å². The summed E-state index contributed by atoms with van der Waals surface area (Å²) in [5.74, 6) is 0.781. The van der Waals surface area contributed by atoms with E-state index in [9.17, 15) is 5.11 Å². The van der Waals surface area contributed by atoms with E-state index >= 15 is 0 Å². The van der Waals surface area contributed by atoms with Crippen molar-refractivity contribution < 1.29 is 5.11 Å². The molecule has 6 nitrogen and oxygen atoms in total. The molecule has 1 unspecified atom stereocenters. The molecule has 1 aliphatic rings. The van der Waals surface area contributed by atoms with Crippen molar-refractivity contribution in [2.75, 3.05) is 13.1 Å². The fourth-order valence-electron chi connectivity index (χ4n) is 1.64. The maximum atomic E-state index is 9.98. The van der Waals surface area contributed by atoms with E-state index in [-0.39, 0.29) is 0 Å². The first-order valence-corrected chi connectivity index (χ1v) is 6.40. The zero-order valence-electron chi connectivity index (χ0n) is 10.9. The van der Waals surface area contributed by atoms with Crippen LogP contribution >= 0.6 is 0 Å². The second-order valence-electron chi connectivity index (χ2n) is 4.60. The number of nitrogens with one attached hydrogen (secondary N) is 2. The van der Waals surface area contributed by atoms with Gasteiger partial charge in [-0.2, -0.15) is 5.10 Å². The van der Waals surface area contributed by atoms with E-state index < -0.39 is 6.10 Å². The van der Waals surface area contributed by atoms with Crippen LogP contribution in [0.25, 0.3) is 0 Å². The van der Waals surface area contributed by atoms with E-state index in [1.165, 1.54) is 12.8 Å². The van der Waals surface area contributed by atoms with Crippen molar-refractivity contribution in [2.24, 2.45) is 12.0 Å². The number of aliphatic hydroxyl groups is 1. The highest BCUT2D eigenvalue weighted by Crippen LogP contribution is 2.18. The molecule has 1 atom stereocenters. The van der Waals surface area contributed by atoms with E-state index in [4.69, 9.17) is 0 Å². The first-order chi connectivity index (χ1) is 8.69. The Labute approximate surface area is 107 Å². The van der Waals surface area contributed by atoms with E-state index in [0.717, 1.165) is 18.1 Å². The minimum absolute atomic E-state index is 0.341. The minimum atomic E-state index is -0.603. The molecule has 1 saturated carbocycles. The van der Waals surface area contributed by atoms with Crippen LogP contribution in [0, 0.1) is 0 Å². The van der Waals surface area contributed by atoms with Crippen LogP contribution in [0.3, 0.4) is 0 Å². The maximum Gasteiger partial charge on any atom is 0.191 e. The molecular formula is C12H21N5O. The Kier molecular flexibility index (Phi) is 4.19. The summed E-state index contributed by atoms with van der Waals surface area (Å²) in [7, 11) is 1.83. The second kappa shape index (κ2) is 5.86. The Balaban J connectivity index is 1.89. The van der Waals surface area contributed by atoms with Crippen LogP contribution in [0.5, 0.6) is 0 Å². The number of rotatable bonds is 5. The number of aryl methyl sites for hydroxylation is 1. The summed E-state index contributed by atoms with van der Waals surface area (Å²) in [6.45, 7) is 3.19. The van der Waals surface area contributed by atoms with E-state index in [0.29, 0.717) is 12.6 Å². The third kappa shape index (κ3) is 3.73. The fraction of sp³-hybridized carbons (Fsp3) is 0.667. The molecule has 2 rings (SSSR count). The van der Waals surface area contributed by atoms with Crippen LogP contribution in [0.1, 0.15) is 31.4 Å². The SMILES string of the molecule is CCNC(=NCC(O)c1cnn(C)c1)NC1CC1. The summed E-state index contributed by atoms with van der Waals surface area (Å²) in [5, 5.41) is 20.5. The van der Waals surface area contributed by atoms with E-state index in [1.807, 2.05) is 14.0 Å². The number of guanidine groups is 1. The van der Waals surface area contributed by atoms with Crippen molar-refractivity contribution in [3.05, 3.63) is 18.0 Å². The first kappa shape index (κ1) is 12.9. The van der Waals surface area contributed by atoms with Crippen LogP contribution in [0.4, 0.5) is 0 Å². The Bertz CT molecular complexity index is 410. The molecule has 0 amide bonds. The van der Waals surface area contributed by atoms with Gasteiger partial charge in [0.15, 0.2) is 5.96 Å². The highest BCUT2D eigenvalue weighted by molar-refractivity contribution is 5.80. The summed E-state index contributed by atoms with van der Waals surface area (Å²) in [6.07, 6.45) is 5.28. The highest BCUT2D eigenvalue weighted by Gasteiger charge is 2.22. The van der Waals surface area contributed by atoms with Crippen LogP contribution < -0.4 is 10.6 Å². The smallest absolute Gasteiger partial charge is 0.191 e. The minimum Gasteiger partial charge on any atom is -0.386 e. The van der Waals surface area contributed by atoms with Gasteiger partial charge in [0.05, 0.1) is 12.7 Å². The van der Waals surface area contributed by atoms with Gasteiger partial charge < -0.3 is 15.7 Å². The lowest BCUT2D eigenvalue weighted by Crippen LogP contribution is -2.38. The molecule has 100 valence electrons. The Morgan fingerprint density at radius 3 is 3.00 bits per heavy atom. The van der Waals surface area contributed by atoms with Crippen molar-refractivity contribution in [1.29, 1.82) is 0 Å². The molecule has 3 N–H and O–H groups in total. The number of hydrogen-bond acceptors (Lipinski definition) is 3. The molecule has 0 aromatic carbocycles. The first-order valence-electron chi connectivity index (χ1n) is 6.40. The number of aromatic nitrogens is 2. The van der Waals surface area contributed by atoms with Crippen LogP contribution in [0.15, 0.2) is 17.4 Å². The van der Waals surface area contributed by atoms with Crippen LogP contribution in [-0.4, -0.2) is 40.0 Å². The summed E-state index contributed by atoms with van der Waals surface area (Å²) in [5.41, 5.74) is 0.795. The normalized spacial score (nSPS) is 17.6. The second-order valence-corrected chi connectivity index (χ2v) is 4.60. The average Bonchev–Trinajstić information content (AvgIpc) is 3.05. The third-order valence-electron chi connectivity index (χ3n) is 2.79. The summed E-state index contributed by atoms with van der Waals surface area (Å²) in [6, 6.07) is 0.554. The van der Waals surface area contributed by atoms with E-state index in [1.54, 1.807) is 17.1 Å².